The Balaban J connectivity index is 1.63. The second-order valence-electron chi connectivity index (χ2n) is 6.98. The zero-order valence-corrected chi connectivity index (χ0v) is 17.2. The zero-order chi connectivity index (χ0) is 21.1. The minimum atomic E-state index is -0.545. The molecule has 9 heteroatoms. The number of benzene rings is 2. The fourth-order valence-corrected chi connectivity index (χ4v) is 3.61. The summed E-state index contributed by atoms with van der Waals surface area (Å²) in [6.45, 7) is 1.07. The summed E-state index contributed by atoms with van der Waals surface area (Å²) in [5.41, 5.74) is 1.06. The van der Waals surface area contributed by atoms with Crippen LogP contribution in [0, 0.1) is 5.82 Å². The number of fused-ring (bicyclic) bond motifs is 1. The first-order valence-corrected chi connectivity index (χ1v) is 10.0. The number of amides is 2. The van der Waals surface area contributed by atoms with Gasteiger partial charge in [-0.05, 0) is 55.3 Å². The van der Waals surface area contributed by atoms with Crippen LogP contribution in [0.15, 0.2) is 42.5 Å². The van der Waals surface area contributed by atoms with E-state index in [1.54, 1.807) is 36.3 Å². The smallest absolute Gasteiger partial charge is 0.326 e. The summed E-state index contributed by atoms with van der Waals surface area (Å²) in [5.74, 6) is 1.80. The fourth-order valence-electron chi connectivity index (χ4n) is 3.43. The van der Waals surface area contributed by atoms with Crippen LogP contribution >= 0.6 is 11.6 Å². The molecule has 3 aromatic rings. The van der Waals surface area contributed by atoms with Gasteiger partial charge in [-0.1, -0.05) is 11.6 Å². The van der Waals surface area contributed by atoms with Crippen LogP contribution in [0.3, 0.4) is 0 Å². The molecule has 1 aliphatic rings. The van der Waals surface area contributed by atoms with Gasteiger partial charge in [-0.25, -0.2) is 9.18 Å². The minimum Gasteiger partial charge on any atom is -0.497 e. The third-order valence-corrected chi connectivity index (χ3v) is 5.33. The number of nitrogens with zero attached hydrogens (tertiary/aromatic N) is 4. The number of methoxy groups -OCH3 is 1. The van der Waals surface area contributed by atoms with Crippen molar-refractivity contribution in [3.05, 3.63) is 65.0 Å². The van der Waals surface area contributed by atoms with Crippen molar-refractivity contribution >= 4 is 29.0 Å². The highest BCUT2D eigenvalue weighted by atomic mass is 35.5. The molecule has 0 saturated carbocycles. The number of ether oxygens (including phenoxy) is 1. The zero-order valence-electron chi connectivity index (χ0n) is 16.4. The van der Waals surface area contributed by atoms with E-state index < -0.39 is 11.8 Å². The SMILES string of the molecule is COc1ccc(N(Cc2nnc3n2CCCC3)C(=O)Nc2ccc(F)c(Cl)c2)cc1. The van der Waals surface area contributed by atoms with Gasteiger partial charge in [0.15, 0.2) is 5.82 Å². The molecule has 0 aliphatic carbocycles. The number of hydrogen-bond donors (Lipinski definition) is 1. The maximum atomic E-state index is 13.5. The van der Waals surface area contributed by atoms with Gasteiger partial charge < -0.3 is 14.6 Å². The van der Waals surface area contributed by atoms with E-state index in [0.29, 0.717) is 22.9 Å². The third-order valence-electron chi connectivity index (χ3n) is 5.04. The molecule has 7 nitrogen and oxygen atoms in total. The van der Waals surface area contributed by atoms with Gasteiger partial charge in [0.2, 0.25) is 0 Å². The Hall–Kier alpha value is -3.13. The van der Waals surface area contributed by atoms with E-state index in [1.807, 2.05) is 0 Å². The van der Waals surface area contributed by atoms with Crippen LogP contribution in [0.25, 0.3) is 0 Å². The largest absolute Gasteiger partial charge is 0.497 e. The van der Waals surface area contributed by atoms with Crippen LogP contribution in [0.5, 0.6) is 5.75 Å². The van der Waals surface area contributed by atoms with E-state index in [9.17, 15) is 9.18 Å². The highest BCUT2D eigenvalue weighted by Gasteiger charge is 2.22. The monoisotopic (exact) mass is 429 g/mol. The third kappa shape index (κ3) is 4.23. The molecule has 0 fully saturated rings. The number of nitrogens with one attached hydrogen (secondary N) is 1. The number of aromatic nitrogens is 3. The Kier molecular flexibility index (Phi) is 5.85. The summed E-state index contributed by atoms with van der Waals surface area (Å²) >= 11 is 5.85. The number of hydrogen-bond acceptors (Lipinski definition) is 4. The summed E-state index contributed by atoms with van der Waals surface area (Å²) in [7, 11) is 1.58. The second-order valence-corrected chi connectivity index (χ2v) is 7.39. The first kappa shape index (κ1) is 20.2. The van der Waals surface area contributed by atoms with Gasteiger partial charge >= 0.3 is 6.03 Å². The highest BCUT2D eigenvalue weighted by Crippen LogP contribution is 2.25. The molecular weight excluding hydrogens is 409 g/mol. The number of anilines is 2. The van der Waals surface area contributed by atoms with Crippen LogP contribution in [-0.4, -0.2) is 27.9 Å². The molecule has 0 atom stereocenters. The summed E-state index contributed by atoms with van der Waals surface area (Å²) < 4.78 is 20.7. The molecule has 4 rings (SSSR count). The molecule has 0 radical (unpaired) electrons. The molecule has 0 unspecified atom stereocenters. The Morgan fingerprint density at radius 2 is 2.03 bits per heavy atom. The van der Waals surface area contributed by atoms with Crippen molar-refractivity contribution in [3.63, 3.8) is 0 Å². The van der Waals surface area contributed by atoms with Crippen molar-refractivity contribution in [2.24, 2.45) is 0 Å². The predicted molar refractivity (Wildman–Crippen MR) is 113 cm³/mol. The Morgan fingerprint density at radius 1 is 1.23 bits per heavy atom. The standard InChI is InChI=1S/C21H21ClFN5O2/c1-30-16-8-6-15(7-9-16)28(13-20-26-25-19-4-2-3-11-27(19)20)21(29)24-14-5-10-18(23)17(22)12-14/h5-10,12H,2-4,11,13H2,1H3,(H,24,29). The summed E-state index contributed by atoms with van der Waals surface area (Å²) in [4.78, 5) is 14.7. The normalized spacial score (nSPS) is 12.9. The van der Waals surface area contributed by atoms with Gasteiger partial charge in [-0.2, -0.15) is 0 Å². The number of carbonyl (C=O) groups excluding carboxylic acids is 1. The number of rotatable bonds is 5. The van der Waals surface area contributed by atoms with Crippen molar-refractivity contribution < 1.29 is 13.9 Å². The van der Waals surface area contributed by atoms with Crippen LogP contribution in [-0.2, 0) is 19.5 Å². The first-order valence-electron chi connectivity index (χ1n) is 9.64. The van der Waals surface area contributed by atoms with E-state index in [0.717, 1.165) is 31.6 Å². The van der Waals surface area contributed by atoms with Crippen molar-refractivity contribution in [3.8, 4) is 5.75 Å². The number of carbonyl (C=O) groups is 1. The molecule has 2 amide bonds. The van der Waals surface area contributed by atoms with E-state index in [1.165, 1.54) is 18.2 Å². The molecule has 0 bridgehead atoms. The van der Waals surface area contributed by atoms with Crippen molar-refractivity contribution in [1.82, 2.24) is 14.8 Å². The Labute approximate surface area is 178 Å². The maximum absolute atomic E-state index is 13.5. The van der Waals surface area contributed by atoms with Crippen molar-refractivity contribution in [2.75, 3.05) is 17.3 Å². The van der Waals surface area contributed by atoms with Gasteiger partial charge in [0, 0.05) is 24.3 Å². The lowest BCUT2D eigenvalue weighted by Gasteiger charge is -2.24. The molecule has 156 valence electrons. The van der Waals surface area contributed by atoms with Gasteiger partial charge in [-0.3, -0.25) is 4.90 Å². The lowest BCUT2D eigenvalue weighted by molar-refractivity contribution is 0.256. The first-order chi connectivity index (χ1) is 14.5. The fraction of sp³-hybridized carbons (Fsp3) is 0.286. The van der Waals surface area contributed by atoms with Crippen molar-refractivity contribution in [1.29, 1.82) is 0 Å². The van der Waals surface area contributed by atoms with E-state index in [2.05, 4.69) is 20.1 Å². The molecule has 1 aliphatic heterocycles. The topological polar surface area (TPSA) is 72.3 Å². The van der Waals surface area contributed by atoms with Crippen LogP contribution in [0.1, 0.15) is 24.5 Å². The number of aryl methyl sites for hydroxylation is 1. The van der Waals surface area contributed by atoms with Gasteiger partial charge in [0.25, 0.3) is 0 Å². The Bertz CT molecular complexity index is 1050. The summed E-state index contributed by atoms with van der Waals surface area (Å²) in [6.07, 6.45) is 3.03. The van der Waals surface area contributed by atoms with Crippen LogP contribution in [0.2, 0.25) is 5.02 Å². The second kappa shape index (κ2) is 8.71. The predicted octanol–water partition coefficient (Wildman–Crippen LogP) is 4.65. The average Bonchev–Trinajstić information content (AvgIpc) is 3.17. The molecule has 2 aromatic carbocycles. The van der Waals surface area contributed by atoms with Crippen molar-refractivity contribution in [2.45, 2.75) is 32.4 Å². The van der Waals surface area contributed by atoms with E-state index >= 15 is 0 Å². The lowest BCUT2D eigenvalue weighted by Crippen LogP contribution is -2.35. The quantitative estimate of drug-likeness (QED) is 0.640. The van der Waals surface area contributed by atoms with Gasteiger partial charge in [0.05, 0.1) is 18.7 Å². The van der Waals surface area contributed by atoms with E-state index in [4.69, 9.17) is 16.3 Å². The van der Waals surface area contributed by atoms with Gasteiger partial charge in [-0.15, -0.1) is 10.2 Å². The lowest BCUT2D eigenvalue weighted by atomic mass is 10.1. The summed E-state index contributed by atoms with van der Waals surface area (Å²) in [6, 6.07) is 10.8. The summed E-state index contributed by atoms with van der Waals surface area (Å²) in [5, 5.41) is 11.3. The maximum Gasteiger partial charge on any atom is 0.326 e. The molecular formula is C21H21ClFN5O2. The molecule has 30 heavy (non-hydrogen) atoms. The molecule has 0 spiro atoms. The van der Waals surface area contributed by atoms with Gasteiger partial charge in [0.1, 0.15) is 17.4 Å². The Morgan fingerprint density at radius 3 is 2.77 bits per heavy atom. The number of halogens is 2. The van der Waals surface area contributed by atoms with Crippen LogP contribution < -0.4 is 15.0 Å². The average molecular weight is 430 g/mol. The molecule has 1 N–H and O–H groups in total. The molecule has 1 aromatic heterocycles. The highest BCUT2D eigenvalue weighted by molar-refractivity contribution is 6.31. The van der Waals surface area contributed by atoms with E-state index in [-0.39, 0.29) is 11.6 Å². The number of urea groups is 1. The molecule has 2 heterocycles. The molecule has 0 saturated heterocycles. The van der Waals surface area contributed by atoms with Crippen LogP contribution in [0.4, 0.5) is 20.6 Å². The minimum absolute atomic E-state index is 0.0599.